The molecular weight excluding hydrogens is 460 g/mol. The van der Waals surface area contributed by atoms with E-state index in [9.17, 15) is 9.18 Å². The molecular formula is C19H21FIN5O. The summed E-state index contributed by atoms with van der Waals surface area (Å²) in [4.78, 5) is 22.5. The summed E-state index contributed by atoms with van der Waals surface area (Å²) in [6.45, 7) is 4.76. The van der Waals surface area contributed by atoms with E-state index < -0.39 is 0 Å². The molecule has 6 nitrogen and oxygen atoms in total. The van der Waals surface area contributed by atoms with Crippen LogP contribution in [0.25, 0.3) is 11.0 Å². The van der Waals surface area contributed by atoms with Crippen LogP contribution in [0.15, 0.2) is 48.1 Å². The predicted octanol–water partition coefficient (Wildman–Crippen LogP) is 2.63. The fourth-order valence-corrected chi connectivity index (χ4v) is 3.18. The van der Waals surface area contributed by atoms with Crippen LogP contribution in [0.5, 0.6) is 0 Å². The summed E-state index contributed by atoms with van der Waals surface area (Å²) in [5.41, 5.74) is 2.67. The van der Waals surface area contributed by atoms with Crippen molar-refractivity contribution in [3.8, 4) is 0 Å². The first kappa shape index (κ1) is 19.7. The molecule has 0 saturated carbocycles. The van der Waals surface area contributed by atoms with E-state index in [1.807, 2.05) is 31.2 Å². The predicted molar refractivity (Wildman–Crippen MR) is 112 cm³/mol. The summed E-state index contributed by atoms with van der Waals surface area (Å²) in [6.07, 6.45) is 5.04. The van der Waals surface area contributed by atoms with Gasteiger partial charge in [0.05, 0.1) is 17.2 Å². The van der Waals surface area contributed by atoms with Gasteiger partial charge in [0.1, 0.15) is 5.69 Å². The number of nitrogens with zero attached hydrogens (tertiary/aromatic N) is 3. The average molecular weight is 481 g/mol. The molecule has 0 fully saturated rings. The minimum Gasteiger partial charge on any atom is -0.349 e. The Balaban J connectivity index is 1.44. The summed E-state index contributed by atoms with van der Waals surface area (Å²) in [5, 5.41) is 6.02. The second-order valence-corrected chi connectivity index (χ2v) is 7.35. The summed E-state index contributed by atoms with van der Waals surface area (Å²) in [7, 11) is 0. The van der Waals surface area contributed by atoms with Crippen LogP contribution in [0.2, 0.25) is 0 Å². The van der Waals surface area contributed by atoms with Crippen LogP contribution in [-0.2, 0) is 0 Å². The molecule has 0 bridgehead atoms. The zero-order valence-corrected chi connectivity index (χ0v) is 17.2. The monoisotopic (exact) mass is 481 g/mol. The van der Waals surface area contributed by atoms with Crippen molar-refractivity contribution in [3.63, 3.8) is 0 Å². The molecule has 1 amide bonds. The van der Waals surface area contributed by atoms with Crippen molar-refractivity contribution in [3.05, 3.63) is 57.3 Å². The number of amides is 1. The van der Waals surface area contributed by atoms with Crippen molar-refractivity contribution < 1.29 is 9.18 Å². The van der Waals surface area contributed by atoms with Gasteiger partial charge < -0.3 is 15.5 Å². The zero-order chi connectivity index (χ0) is 19.2. The molecule has 2 N–H and O–H groups in total. The van der Waals surface area contributed by atoms with E-state index in [4.69, 9.17) is 0 Å². The zero-order valence-electron chi connectivity index (χ0n) is 15.0. The van der Waals surface area contributed by atoms with Crippen molar-refractivity contribution in [2.75, 3.05) is 32.7 Å². The van der Waals surface area contributed by atoms with Gasteiger partial charge >= 0.3 is 0 Å². The number of carbonyl (C=O) groups excluding carboxylic acids is 1. The van der Waals surface area contributed by atoms with Crippen molar-refractivity contribution >= 4 is 39.5 Å². The lowest BCUT2D eigenvalue weighted by molar-refractivity contribution is 0.0949. The molecule has 0 atom stereocenters. The first-order chi connectivity index (χ1) is 13.1. The molecule has 8 heteroatoms. The van der Waals surface area contributed by atoms with Gasteiger partial charge in [-0.15, -0.1) is 0 Å². The van der Waals surface area contributed by atoms with E-state index in [1.54, 1.807) is 11.0 Å². The van der Waals surface area contributed by atoms with Crippen LogP contribution >= 0.6 is 22.6 Å². The fraction of sp³-hybridized carbons (Fsp3) is 0.316. The quantitative estimate of drug-likeness (QED) is 0.362. The third-order valence-corrected chi connectivity index (χ3v) is 4.89. The molecule has 0 saturated heterocycles. The van der Waals surface area contributed by atoms with E-state index in [0.29, 0.717) is 43.9 Å². The molecule has 142 valence electrons. The number of hydrogen-bond acceptors (Lipinski definition) is 5. The standard InChI is InChI=1S/C19H21FIN5O/c1-2-26-8-5-13(9-18(26)20)11-22-6-7-23-19(27)17-12-24-16-10-14(21)3-4-15(16)25-17/h3-5,9-10,12,22H,2,6-8,11H2,1H3,(H,23,27). The molecule has 3 rings (SSSR count). The van der Waals surface area contributed by atoms with Gasteiger partial charge in [-0.05, 0) is 59.4 Å². The molecule has 0 radical (unpaired) electrons. The Morgan fingerprint density at radius 3 is 2.96 bits per heavy atom. The maximum Gasteiger partial charge on any atom is 0.271 e. The average Bonchev–Trinajstić information content (AvgIpc) is 2.67. The number of nitrogens with one attached hydrogen (secondary N) is 2. The third kappa shape index (κ3) is 5.23. The second kappa shape index (κ2) is 9.23. The highest BCUT2D eigenvalue weighted by Crippen LogP contribution is 2.15. The summed E-state index contributed by atoms with van der Waals surface area (Å²) < 4.78 is 14.8. The lowest BCUT2D eigenvalue weighted by Gasteiger charge is -2.23. The lowest BCUT2D eigenvalue weighted by atomic mass is 10.2. The van der Waals surface area contributed by atoms with Gasteiger partial charge in [-0.25, -0.2) is 4.98 Å². The Morgan fingerprint density at radius 2 is 2.19 bits per heavy atom. The smallest absolute Gasteiger partial charge is 0.271 e. The van der Waals surface area contributed by atoms with Crippen LogP contribution in [0.3, 0.4) is 0 Å². The van der Waals surface area contributed by atoms with E-state index in [-0.39, 0.29) is 11.9 Å². The fourth-order valence-electron chi connectivity index (χ4n) is 2.70. The molecule has 0 spiro atoms. The maximum absolute atomic E-state index is 13.7. The van der Waals surface area contributed by atoms with Crippen molar-refractivity contribution in [1.82, 2.24) is 25.5 Å². The largest absolute Gasteiger partial charge is 0.349 e. The maximum atomic E-state index is 13.7. The molecule has 1 aromatic carbocycles. The molecule has 27 heavy (non-hydrogen) atoms. The van der Waals surface area contributed by atoms with Crippen LogP contribution in [0.1, 0.15) is 17.4 Å². The Hall–Kier alpha value is -2.07. The van der Waals surface area contributed by atoms with Gasteiger partial charge in [-0.3, -0.25) is 9.78 Å². The first-order valence-corrected chi connectivity index (χ1v) is 9.87. The van der Waals surface area contributed by atoms with Gasteiger partial charge in [-0.2, -0.15) is 4.39 Å². The number of benzene rings is 1. The number of carbonyl (C=O) groups is 1. The molecule has 2 heterocycles. The number of hydrogen-bond donors (Lipinski definition) is 2. The minimum absolute atomic E-state index is 0.199. The van der Waals surface area contributed by atoms with Crippen molar-refractivity contribution in [1.29, 1.82) is 0 Å². The minimum atomic E-state index is -0.258. The van der Waals surface area contributed by atoms with E-state index in [2.05, 4.69) is 43.2 Å². The molecule has 1 aromatic heterocycles. The molecule has 0 aliphatic carbocycles. The second-order valence-electron chi connectivity index (χ2n) is 6.11. The Kier molecular flexibility index (Phi) is 6.73. The number of aromatic nitrogens is 2. The number of fused-ring (bicyclic) bond motifs is 1. The number of likely N-dealkylation sites (N-methyl/N-ethyl adjacent to an activating group) is 1. The van der Waals surface area contributed by atoms with Gasteiger partial charge in [0, 0.05) is 36.3 Å². The van der Waals surface area contributed by atoms with Gasteiger partial charge in [0.15, 0.2) is 5.95 Å². The topological polar surface area (TPSA) is 70.2 Å². The highest BCUT2D eigenvalue weighted by molar-refractivity contribution is 14.1. The van der Waals surface area contributed by atoms with E-state index in [0.717, 1.165) is 14.7 Å². The highest BCUT2D eigenvalue weighted by atomic mass is 127. The van der Waals surface area contributed by atoms with Crippen LogP contribution in [0, 0.1) is 3.57 Å². The molecule has 0 unspecified atom stereocenters. The summed E-state index contributed by atoms with van der Waals surface area (Å²) in [6, 6.07) is 5.71. The molecule has 1 aliphatic rings. The van der Waals surface area contributed by atoms with E-state index >= 15 is 0 Å². The first-order valence-electron chi connectivity index (χ1n) is 8.79. The lowest BCUT2D eigenvalue weighted by Crippen LogP contribution is -2.33. The van der Waals surface area contributed by atoms with Crippen LogP contribution < -0.4 is 10.6 Å². The Morgan fingerprint density at radius 1 is 1.33 bits per heavy atom. The normalized spacial score (nSPS) is 14.1. The van der Waals surface area contributed by atoms with Crippen LogP contribution in [-0.4, -0.2) is 53.5 Å². The Bertz CT molecular complexity index is 899. The summed E-state index contributed by atoms with van der Waals surface area (Å²) >= 11 is 2.21. The van der Waals surface area contributed by atoms with Crippen molar-refractivity contribution in [2.24, 2.45) is 0 Å². The number of rotatable bonds is 7. The molecule has 2 aromatic rings. The van der Waals surface area contributed by atoms with Gasteiger partial charge in [-0.1, -0.05) is 6.08 Å². The third-order valence-electron chi connectivity index (χ3n) is 4.22. The highest BCUT2D eigenvalue weighted by Gasteiger charge is 2.12. The SMILES string of the molecule is CCN1CC=C(CNCCNC(=O)c2cnc3cc(I)ccc3n2)C=C1F. The summed E-state index contributed by atoms with van der Waals surface area (Å²) in [5.74, 6) is -0.458. The van der Waals surface area contributed by atoms with E-state index in [1.165, 1.54) is 6.20 Å². The van der Waals surface area contributed by atoms with Crippen molar-refractivity contribution in [2.45, 2.75) is 6.92 Å². The molecule has 1 aliphatic heterocycles. The van der Waals surface area contributed by atoms with Gasteiger partial charge in [0.25, 0.3) is 5.91 Å². The van der Waals surface area contributed by atoms with Crippen LogP contribution in [0.4, 0.5) is 4.39 Å². The van der Waals surface area contributed by atoms with Gasteiger partial charge in [0.2, 0.25) is 0 Å². The number of halogens is 2. The Labute approximate surface area is 171 Å².